The van der Waals surface area contributed by atoms with E-state index in [1.54, 1.807) is 6.92 Å². The number of aromatic nitrogens is 2. The molecule has 1 aromatic carbocycles. The van der Waals surface area contributed by atoms with Gasteiger partial charge in [0.05, 0.1) is 17.9 Å². The van der Waals surface area contributed by atoms with Gasteiger partial charge in [-0.3, -0.25) is 4.79 Å². The van der Waals surface area contributed by atoms with Crippen molar-refractivity contribution in [2.75, 3.05) is 44.7 Å². The van der Waals surface area contributed by atoms with Crippen LogP contribution in [0, 0.1) is 12.8 Å². The van der Waals surface area contributed by atoms with Crippen LogP contribution in [0.5, 0.6) is 0 Å². The smallest absolute Gasteiger partial charge is 0.240 e. The van der Waals surface area contributed by atoms with Crippen molar-refractivity contribution in [3.05, 3.63) is 41.6 Å². The molecule has 1 unspecified atom stereocenters. The van der Waals surface area contributed by atoms with E-state index in [4.69, 9.17) is 16.7 Å². The van der Waals surface area contributed by atoms with Gasteiger partial charge < -0.3 is 14.7 Å². The second-order valence-electron chi connectivity index (χ2n) is 8.98. The lowest BCUT2D eigenvalue weighted by molar-refractivity contribution is -0.131. The monoisotopic (exact) mass is 445 g/mol. The summed E-state index contributed by atoms with van der Waals surface area (Å²) in [5.41, 5.74) is 3.11. The number of halogens is 1. The quantitative estimate of drug-likeness (QED) is 0.577. The third-order valence-corrected chi connectivity index (χ3v) is 6.12. The van der Waals surface area contributed by atoms with Crippen LogP contribution in [-0.4, -0.2) is 70.6 Å². The summed E-state index contributed by atoms with van der Waals surface area (Å²) in [6.07, 6.45) is 0.949. The Labute approximate surface area is 191 Å². The molecule has 7 heteroatoms. The highest BCUT2D eigenvalue weighted by Crippen LogP contribution is 2.30. The maximum absolute atomic E-state index is 12.9. The first kappa shape index (κ1) is 23.6. The molecule has 0 bridgehead atoms. The number of nitrogens with zero attached hydrogens (tertiary/aromatic N) is 5. The number of hydrogen-bond donors (Lipinski definition) is 0. The number of amides is 1. The molecule has 1 fully saturated rings. The van der Waals surface area contributed by atoms with Gasteiger partial charge in [-0.25, -0.2) is 4.68 Å². The number of benzene rings is 1. The summed E-state index contributed by atoms with van der Waals surface area (Å²) in [6, 6.07) is 10.3. The molecule has 0 radical (unpaired) electrons. The van der Waals surface area contributed by atoms with Gasteiger partial charge in [-0.05, 0) is 45.4 Å². The third kappa shape index (κ3) is 5.80. The molecule has 1 aliphatic rings. The highest BCUT2D eigenvalue weighted by atomic mass is 35.5. The lowest BCUT2D eigenvalue weighted by atomic mass is 10.1. The Morgan fingerprint density at radius 1 is 1.13 bits per heavy atom. The normalized spacial score (nSPS) is 16.0. The zero-order valence-electron chi connectivity index (χ0n) is 19.5. The van der Waals surface area contributed by atoms with Gasteiger partial charge in [0.2, 0.25) is 5.91 Å². The van der Waals surface area contributed by atoms with Crippen LogP contribution in [0.15, 0.2) is 30.3 Å². The molecule has 0 N–H and O–H groups in total. The van der Waals surface area contributed by atoms with Crippen molar-refractivity contribution in [3.63, 3.8) is 0 Å². The fourth-order valence-electron chi connectivity index (χ4n) is 3.95. The summed E-state index contributed by atoms with van der Waals surface area (Å²) in [5.74, 6) is 1.60. The molecule has 0 spiro atoms. The van der Waals surface area contributed by atoms with Crippen molar-refractivity contribution in [1.29, 1.82) is 0 Å². The fraction of sp³-hybridized carbons (Fsp3) is 0.583. The number of anilines is 1. The van der Waals surface area contributed by atoms with Crippen LogP contribution in [0.3, 0.4) is 0 Å². The summed E-state index contributed by atoms with van der Waals surface area (Å²) >= 11 is 6.22. The second-order valence-corrected chi connectivity index (χ2v) is 9.64. The summed E-state index contributed by atoms with van der Waals surface area (Å²) in [6.45, 7) is 13.3. The summed E-state index contributed by atoms with van der Waals surface area (Å²) < 4.78 is 2.05. The zero-order chi connectivity index (χ0) is 22.5. The van der Waals surface area contributed by atoms with Gasteiger partial charge in [-0.2, -0.15) is 5.10 Å². The second kappa shape index (κ2) is 10.5. The number of aryl methyl sites for hydroxylation is 1. The first-order chi connectivity index (χ1) is 14.8. The summed E-state index contributed by atoms with van der Waals surface area (Å²) in [5, 5.41) is 4.38. The molecule has 1 atom stereocenters. The lowest BCUT2D eigenvalue weighted by Crippen LogP contribution is -2.46. The Morgan fingerprint density at radius 3 is 2.35 bits per heavy atom. The van der Waals surface area contributed by atoms with Crippen molar-refractivity contribution in [1.82, 2.24) is 19.6 Å². The number of alkyl halides is 1. The third-order valence-electron chi connectivity index (χ3n) is 5.94. The van der Waals surface area contributed by atoms with Crippen LogP contribution >= 0.6 is 11.6 Å². The van der Waals surface area contributed by atoms with Crippen LogP contribution in [0.2, 0.25) is 0 Å². The first-order valence-electron chi connectivity index (χ1n) is 11.3. The molecular formula is C24H36ClN5O. The van der Waals surface area contributed by atoms with E-state index in [1.165, 1.54) is 0 Å². The number of carbonyl (C=O) groups excluding carboxylic acids is 1. The minimum absolute atomic E-state index is 0.0153. The maximum Gasteiger partial charge on any atom is 0.240 e. The van der Waals surface area contributed by atoms with Gasteiger partial charge in [-0.15, -0.1) is 11.6 Å². The van der Waals surface area contributed by atoms with Crippen molar-refractivity contribution in [2.24, 2.45) is 5.92 Å². The minimum atomic E-state index is -0.538. The molecule has 1 aromatic heterocycles. The summed E-state index contributed by atoms with van der Waals surface area (Å²) in [7, 11) is 2.16. The topological polar surface area (TPSA) is 44.6 Å². The minimum Gasteiger partial charge on any atom is -0.354 e. The molecule has 6 nitrogen and oxygen atoms in total. The predicted octanol–water partition coefficient (Wildman–Crippen LogP) is 3.93. The number of hydrogen-bond acceptors (Lipinski definition) is 4. The van der Waals surface area contributed by atoms with Gasteiger partial charge in [-0.1, -0.05) is 32.0 Å². The van der Waals surface area contributed by atoms with E-state index in [0.717, 1.165) is 55.4 Å². The lowest BCUT2D eigenvalue weighted by Gasteiger charge is -2.35. The molecular weight excluding hydrogens is 410 g/mol. The number of carbonyl (C=O) groups is 1. The number of piperazine rings is 1. The maximum atomic E-state index is 12.9. The number of likely N-dealkylation sites (N-methyl/N-ethyl adjacent to an activating group) is 1. The largest absolute Gasteiger partial charge is 0.354 e. The molecule has 170 valence electrons. The van der Waals surface area contributed by atoms with Crippen molar-refractivity contribution < 1.29 is 4.79 Å². The molecule has 0 aliphatic carbocycles. The van der Waals surface area contributed by atoms with E-state index in [2.05, 4.69) is 42.8 Å². The molecule has 1 saturated heterocycles. The van der Waals surface area contributed by atoms with Crippen molar-refractivity contribution in [2.45, 2.75) is 46.0 Å². The standard InChI is InChI=1S/C24H36ClN5O/c1-18(2)11-12-29(24(31)19(3)25)17-22-20(4)26-30(21-9-7-6-8-10-21)23(22)28-15-13-27(5)14-16-28/h6-10,18-19H,11-17H2,1-5H3. The molecule has 2 heterocycles. The fourth-order valence-corrected chi connectivity index (χ4v) is 4.09. The molecule has 1 aliphatic heterocycles. The van der Waals surface area contributed by atoms with Gasteiger partial charge in [0, 0.05) is 38.3 Å². The van der Waals surface area contributed by atoms with E-state index in [-0.39, 0.29) is 5.91 Å². The SMILES string of the molecule is Cc1nn(-c2ccccc2)c(N2CCN(C)CC2)c1CN(CCC(C)C)C(=O)C(C)Cl. The van der Waals surface area contributed by atoms with E-state index < -0.39 is 5.38 Å². The highest BCUT2D eigenvalue weighted by molar-refractivity contribution is 6.30. The van der Waals surface area contributed by atoms with Gasteiger partial charge in [0.15, 0.2) is 0 Å². The molecule has 2 aromatic rings. The Kier molecular flexibility index (Phi) is 8.00. The van der Waals surface area contributed by atoms with Gasteiger partial charge >= 0.3 is 0 Å². The number of para-hydroxylation sites is 1. The highest BCUT2D eigenvalue weighted by Gasteiger charge is 2.28. The summed E-state index contributed by atoms with van der Waals surface area (Å²) in [4.78, 5) is 19.6. The molecule has 0 saturated carbocycles. The van der Waals surface area contributed by atoms with Crippen LogP contribution in [-0.2, 0) is 11.3 Å². The molecule has 1 amide bonds. The first-order valence-corrected chi connectivity index (χ1v) is 11.7. The Balaban J connectivity index is 2.01. The average molecular weight is 446 g/mol. The molecule has 3 rings (SSSR count). The Bertz CT molecular complexity index is 856. The van der Waals surface area contributed by atoms with E-state index in [0.29, 0.717) is 19.0 Å². The van der Waals surface area contributed by atoms with Crippen LogP contribution in [0.25, 0.3) is 5.69 Å². The Hall–Kier alpha value is -2.05. The van der Waals surface area contributed by atoms with Gasteiger partial charge in [0.25, 0.3) is 0 Å². The van der Waals surface area contributed by atoms with Crippen LogP contribution in [0.1, 0.15) is 38.4 Å². The van der Waals surface area contributed by atoms with Gasteiger partial charge in [0.1, 0.15) is 11.2 Å². The van der Waals surface area contributed by atoms with Crippen molar-refractivity contribution in [3.8, 4) is 5.69 Å². The Morgan fingerprint density at radius 2 is 1.77 bits per heavy atom. The van der Waals surface area contributed by atoms with E-state index in [9.17, 15) is 4.79 Å². The van der Waals surface area contributed by atoms with Crippen LogP contribution < -0.4 is 4.90 Å². The average Bonchev–Trinajstić information content (AvgIpc) is 3.07. The van der Waals surface area contributed by atoms with Crippen LogP contribution in [0.4, 0.5) is 5.82 Å². The zero-order valence-corrected chi connectivity index (χ0v) is 20.3. The number of rotatable bonds is 8. The van der Waals surface area contributed by atoms with Crippen molar-refractivity contribution >= 4 is 23.3 Å². The van der Waals surface area contributed by atoms with E-state index >= 15 is 0 Å². The van der Waals surface area contributed by atoms with E-state index in [1.807, 2.05) is 34.7 Å². The predicted molar refractivity (Wildman–Crippen MR) is 128 cm³/mol. The molecule has 31 heavy (non-hydrogen) atoms.